The Morgan fingerprint density at radius 1 is 1.32 bits per heavy atom. The molecular weight excluding hydrogens is 321 g/mol. The summed E-state index contributed by atoms with van der Waals surface area (Å²) >= 11 is 0. The fraction of sp³-hybridized carbons (Fsp3) is 0.526. The fourth-order valence-corrected chi connectivity index (χ4v) is 4.05. The zero-order chi connectivity index (χ0) is 17.4. The first-order chi connectivity index (χ1) is 12.1. The summed E-state index contributed by atoms with van der Waals surface area (Å²) in [5, 5.41) is 3.85. The molecule has 0 radical (unpaired) electrons. The lowest BCUT2D eigenvalue weighted by molar-refractivity contribution is -0.142. The zero-order valence-electron chi connectivity index (χ0n) is 14.4. The van der Waals surface area contributed by atoms with Crippen molar-refractivity contribution in [1.82, 2.24) is 15.0 Å². The molecule has 132 valence electrons. The van der Waals surface area contributed by atoms with Gasteiger partial charge in [0.15, 0.2) is 5.82 Å². The van der Waals surface area contributed by atoms with Crippen LogP contribution in [0.1, 0.15) is 55.3 Å². The molecule has 25 heavy (non-hydrogen) atoms. The van der Waals surface area contributed by atoms with Gasteiger partial charge in [-0.25, -0.2) is 4.39 Å². The third kappa shape index (κ3) is 2.83. The van der Waals surface area contributed by atoms with Crippen LogP contribution in [0.25, 0.3) is 0 Å². The van der Waals surface area contributed by atoms with E-state index in [1.165, 1.54) is 12.1 Å². The number of likely N-dealkylation sites (tertiary alicyclic amines) is 1. The van der Waals surface area contributed by atoms with Gasteiger partial charge in [0.05, 0.1) is 5.41 Å². The fourth-order valence-electron chi connectivity index (χ4n) is 4.05. The second-order valence-electron chi connectivity index (χ2n) is 7.19. The van der Waals surface area contributed by atoms with E-state index in [-0.39, 0.29) is 17.6 Å². The Labute approximate surface area is 146 Å². The molecular formula is C19H22FN3O2. The van der Waals surface area contributed by atoms with Crippen LogP contribution < -0.4 is 0 Å². The van der Waals surface area contributed by atoms with Crippen molar-refractivity contribution in [3.05, 3.63) is 47.4 Å². The van der Waals surface area contributed by atoms with Crippen LogP contribution in [-0.2, 0) is 10.2 Å². The Kier molecular flexibility index (Phi) is 4.06. The molecule has 5 nitrogen and oxygen atoms in total. The number of nitrogens with zero attached hydrogens (tertiary/aromatic N) is 3. The van der Waals surface area contributed by atoms with Gasteiger partial charge in [-0.1, -0.05) is 23.7 Å². The number of hydrogen-bond donors (Lipinski definition) is 0. The van der Waals surface area contributed by atoms with Gasteiger partial charge in [0.1, 0.15) is 5.82 Å². The van der Waals surface area contributed by atoms with E-state index in [1.807, 2.05) is 17.9 Å². The maximum absolute atomic E-state index is 13.7. The standard InChI is InChI=1S/C19H22FN3O2/c1-13-21-17(25-22-13)14-6-10-23(11-7-14)18(24)19(8-3-9-19)15-4-2-5-16(20)12-15/h2,4-5,12,14H,3,6-11H2,1H3. The summed E-state index contributed by atoms with van der Waals surface area (Å²) in [7, 11) is 0. The van der Waals surface area contributed by atoms with Crippen molar-refractivity contribution in [2.45, 2.75) is 50.4 Å². The number of piperidine rings is 1. The Morgan fingerprint density at radius 2 is 2.08 bits per heavy atom. The van der Waals surface area contributed by atoms with Gasteiger partial charge in [0, 0.05) is 19.0 Å². The SMILES string of the molecule is Cc1noc(C2CCN(C(=O)C3(c4cccc(F)c4)CCC3)CC2)n1. The molecule has 0 bridgehead atoms. The average molecular weight is 343 g/mol. The van der Waals surface area contributed by atoms with Gasteiger partial charge < -0.3 is 9.42 Å². The molecule has 4 rings (SSSR count). The average Bonchev–Trinajstić information content (AvgIpc) is 3.00. The van der Waals surface area contributed by atoms with Gasteiger partial charge in [-0.3, -0.25) is 4.79 Å². The second-order valence-corrected chi connectivity index (χ2v) is 7.19. The topological polar surface area (TPSA) is 59.2 Å². The van der Waals surface area contributed by atoms with Crippen LogP contribution in [0.5, 0.6) is 0 Å². The smallest absolute Gasteiger partial charge is 0.233 e. The van der Waals surface area contributed by atoms with Crippen LogP contribution in [0.15, 0.2) is 28.8 Å². The minimum atomic E-state index is -0.532. The quantitative estimate of drug-likeness (QED) is 0.857. The van der Waals surface area contributed by atoms with Gasteiger partial charge in [-0.15, -0.1) is 0 Å². The number of aryl methyl sites for hydroxylation is 1. The number of benzene rings is 1. The number of aromatic nitrogens is 2. The molecule has 0 unspecified atom stereocenters. The monoisotopic (exact) mass is 343 g/mol. The summed E-state index contributed by atoms with van der Waals surface area (Å²) in [5.41, 5.74) is 0.286. The molecule has 6 heteroatoms. The molecule has 1 aliphatic heterocycles. The summed E-state index contributed by atoms with van der Waals surface area (Å²) in [6.07, 6.45) is 4.27. The van der Waals surface area contributed by atoms with E-state index >= 15 is 0 Å². The summed E-state index contributed by atoms with van der Waals surface area (Å²) in [6, 6.07) is 6.53. The Morgan fingerprint density at radius 3 is 2.64 bits per heavy atom. The van der Waals surface area contributed by atoms with Crippen LogP contribution in [0.2, 0.25) is 0 Å². The van der Waals surface area contributed by atoms with E-state index in [2.05, 4.69) is 10.1 Å². The van der Waals surface area contributed by atoms with Crippen LogP contribution in [-0.4, -0.2) is 34.0 Å². The van der Waals surface area contributed by atoms with Crippen molar-refractivity contribution in [3.63, 3.8) is 0 Å². The van der Waals surface area contributed by atoms with Crippen molar-refractivity contribution >= 4 is 5.91 Å². The maximum Gasteiger partial charge on any atom is 0.233 e. The van der Waals surface area contributed by atoms with Crippen molar-refractivity contribution in [1.29, 1.82) is 0 Å². The van der Waals surface area contributed by atoms with Crippen LogP contribution in [0, 0.1) is 12.7 Å². The summed E-state index contributed by atoms with van der Waals surface area (Å²) in [6.45, 7) is 3.18. The highest BCUT2D eigenvalue weighted by atomic mass is 19.1. The number of halogens is 1. The first kappa shape index (κ1) is 16.2. The lowest BCUT2D eigenvalue weighted by atomic mass is 9.63. The molecule has 2 fully saturated rings. The van der Waals surface area contributed by atoms with E-state index in [0.29, 0.717) is 24.8 Å². The molecule has 0 atom stereocenters. The lowest BCUT2D eigenvalue weighted by Crippen LogP contribution is -2.52. The van der Waals surface area contributed by atoms with E-state index in [9.17, 15) is 9.18 Å². The first-order valence-corrected chi connectivity index (χ1v) is 8.94. The Balaban J connectivity index is 1.48. The number of hydrogen-bond acceptors (Lipinski definition) is 4. The maximum atomic E-state index is 13.7. The highest BCUT2D eigenvalue weighted by Gasteiger charge is 2.48. The van der Waals surface area contributed by atoms with Gasteiger partial charge >= 0.3 is 0 Å². The van der Waals surface area contributed by atoms with Gasteiger partial charge in [-0.2, -0.15) is 4.98 Å². The van der Waals surface area contributed by atoms with E-state index in [1.54, 1.807) is 6.07 Å². The second kappa shape index (κ2) is 6.24. The predicted octanol–water partition coefficient (Wildman–Crippen LogP) is 3.35. The van der Waals surface area contributed by atoms with Crippen molar-refractivity contribution < 1.29 is 13.7 Å². The van der Waals surface area contributed by atoms with Crippen LogP contribution >= 0.6 is 0 Å². The number of carbonyl (C=O) groups is 1. The van der Waals surface area contributed by atoms with E-state index < -0.39 is 5.41 Å². The summed E-state index contributed by atoms with van der Waals surface area (Å²) in [5.74, 6) is 1.41. The van der Waals surface area contributed by atoms with Gasteiger partial charge in [0.25, 0.3) is 0 Å². The minimum absolute atomic E-state index is 0.143. The van der Waals surface area contributed by atoms with Crippen molar-refractivity contribution in [2.75, 3.05) is 13.1 Å². The number of rotatable bonds is 3. The van der Waals surface area contributed by atoms with Crippen molar-refractivity contribution in [2.24, 2.45) is 0 Å². The zero-order valence-corrected chi connectivity index (χ0v) is 14.4. The first-order valence-electron chi connectivity index (χ1n) is 8.94. The molecule has 0 N–H and O–H groups in total. The lowest BCUT2D eigenvalue weighted by Gasteiger charge is -2.45. The van der Waals surface area contributed by atoms with E-state index in [4.69, 9.17) is 4.52 Å². The number of carbonyl (C=O) groups excluding carboxylic acids is 1. The third-order valence-electron chi connectivity index (χ3n) is 5.67. The third-order valence-corrected chi connectivity index (χ3v) is 5.67. The molecule has 1 aliphatic carbocycles. The normalized spacial score (nSPS) is 20.3. The molecule has 1 aromatic heterocycles. The highest BCUT2D eigenvalue weighted by Crippen LogP contribution is 2.46. The Hall–Kier alpha value is -2.24. The summed E-state index contributed by atoms with van der Waals surface area (Å²) in [4.78, 5) is 19.5. The molecule has 0 spiro atoms. The molecule has 1 saturated carbocycles. The predicted molar refractivity (Wildman–Crippen MR) is 89.5 cm³/mol. The van der Waals surface area contributed by atoms with Gasteiger partial charge in [-0.05, 0) is 50.3 Å². The molecule has 1 saturated heterocycles. The minimum Gasteiger partial charge on any atom is -0.342 e. The van der Waals surface area contributed by atoms with Crippen LogP contribution in [0.4, 0.5) is 4.39 Å². The van der Waals surface area contributed by atoms with E-state index in [0.717, 1.165) is 37.7 Å². The largest absolute Gasteiger partial charge is 0.342 e. The van der Waals surface area contributed by atoms with Crippen LogP contribution in [0.3, 0.4) is 0 Å². The highest BCUT2D eigenvalue weighted by molar-refractivity contribution is 5.89. The molecule has 2 aromatic rings. The summed E-state index contributed by atoms with van der Waals surface area (Å²) < 4.78 is 18.9. The van der Waals surface area contributed by atoms with Gasteiger partial charge in [0.2, 0.25) is 11.8 Å². The Bertz CT molecular complexity index is 776. The molecule has 1 aromatic carbocycles. The molecule has 2 aliphatic rings. The number of amides is 1. The van der Waals surface area contributed by atoms with Crippen molar-refractivity contribution in [3.8, 4) is 0 Å². The molecule has 1 amide bonds. The molecule has 2 heterocycles.